The van der Waals surface area contributed by atoms with Gasteiger partial charge in [0.1, 0.15) is 5.75 Å². The van der Waals surface area contributed by atoms with Gasteiger partial charge in [-0.1, -0.05) is 29.8 Å². The molecule has 150 valence electrons. The van der Waals surface area contributed by atoms with Crippen molar-refractivity contribution in [1.82, 2.24) is 4.90 Å². The molecule has 2 aromatic rings. The molecular formula is C21H26N2O4S. The van der Waals surface area contributed by atoms with Crippen molar-refractivity contribution in [2.24, 2.45) is 0 Å². The molecule has 0 N–H and O–H groups in total. The largest absolute Gasteiger partial charge is 0.484 e. The molecule has 1 saturated heterocycles. The summed E-state index contributed by atoms with van der Waals surface area (Å²) < 4.78 is 31.5. The molecule has 7 heteroatoms. The molecule has 0 saturated carbocycles. The number of hydrogen-bond donors (Lipinski definition) is 0. The highest BCUT2D eigenvalue weighted by Crippen LogP contribution is 2.24. The first-order valence-electron chi connectivity index (χ1n) is 9.37. The van der Waals surface area contributed by atoms with Gasteiger partial charge >= 0.3 is 0 Å². The number of nitrogens with zero attached hydrogens (tertiary/aromatic N) is 2. The molecule has 0 atom stereocenters. The summed E-state index contributed by atoms with van der Waals surface area (Å²) in [5.41, 5.74) is 2.59. The Hall–Kier alpha value is -2.54. The highest BCUT2D eigenvalue weighted by molar-refractivity contribution is 7.92. The normalized spacial score (nSPS) is 14.1. The summed E-state index contributed by atoms with van der Waals surface area (Å²) in [6.07, 6.45) is 3.28. The number of benzene rings is 2. The molecule has 1 aliphatic rings. The van der Waals surface area contributed by atoms with Crippen molar-refractivity contribution >= 4 is 21.6 Å². The summed E-state index contributed by atoms with van der Waals surface area (Å²) in [6.45, 7) is 3.84. The zero-order valence-electron chi connectivity index (χ0n) is 16.3. The lowest BCUT2D eigenvalue weighted by Crippen LogP contribution is -2.32. The van der Waals surface area contributed by atoms with Crippen LogP contribution in [0, 0.1) is 6.92 Å². The molecule has 0 spiro atoms. The van der Waals surface area contributed by atoms with Gasteiger partial charge in [0.25, 0.3) is 5.91 Å². The molecule has 1 heterocycles. The fraction of sp³-hybridized carbons (Fsp3) is 0.381. The number of carbonyl (C=O) groups excluding carboxylic acids is 1. The van der Waals surface area contributed by atoms with E-state index in [0.29, 0.717) is 11.4 Å². The van der Waals surface area contributed by atoms with Crippen LogP contribution in [0.4, 0.5) is 5.69 Å². The van der Waals surface area contributed by atoms with Crippen LogP contribution < -0.4 is 9.04 Å². The quantitative estimate of drug-likeness (QED) is 0.714. The lowest BCUT2D eigenvalue weighted by Gasteiger charge is -2.23. The molecule has 28 heavy (non-hydrogen) atoms. The van der Waals surface area contributed by atoms with Gasteiger partial charge in [0, 0.05) is 13.1 Å². The summed E-state index contributed by atoms with van der Waals surface area (Å²) in [6, 6.07) is 14.6. The summed E-state index contributed by atoms with van der Waals surface area (Å²) in [7, 11) is -3.44. The monoisotopic (exact) mass is 402 g/mol. The number of carbonyl (C=O) groups is 1. The number of anilines is 1. The Kier molecular flexibility index (Phi) is 6.24. The van der Waals surface area contributed by atoms with Gasteiger partial charge in [-0.2, -0.15) is 0 Å². The highest BCUT2D eigenvalue weighted by atomic mass is 32.2. The zero-order valence-corrected chi connectivity index (χ0v) is 17.1. The number of amides is 1. The first-order valence-corrected chi connectivity index (χ1v) is 11.2. The molecule has 0 aromatic heterocycles. The second-order valence-electron chi connectivity index (χ2n) is 7.13. The molecule has 0 bridgehead atoms. The minimum absolute atomic E-state index is 0.00148. The third kappa shape index (κ3) is 5.25. The number of sulfonamides is 1. The zero-order chi connectivity index (χ0) is 20.1. The van der Waals surface area contributed by atoms with Crippen molar-refractivity contribution in [2.45, 2.75) is 26.3 Å². The van der Waals surface area contributed by atoms with Crippen LogP contribution in [0.5, 0.6) is 5.75 Å². The summed E-state index contributed by atoms with van der Waals surface area (Å²) >= 11 is 0. The second kappa shape index (κ2) is 8.65. The van der Waals surface area contributed by atoms with Crippen LogP contribution >= 0.6 is 0 Å². The lowest BCUT2D eigenvalue weighted by molar-refractivity contribution is -0.132. The predicted molar refractivity (Wildman–Crippen MR) is 110 cm³/mol. The fourth-order valence-corrected chi connectivity index (χ4v) is 4.06. The molecule has 1 amide bonds. The minimum Gasteiger partial charge on any atom is -0.484 e. The third-order valence-electron chi connectivity index (χ3n) is 4.79. The van der Waals surface area contributed by atoms with Crippen LogP contribution in [0.25, 0.3) is 0 Å². The molecule has 0 radical (unpaired) electrons. The SMILES string of the molecule is Cc1ccc(CN(c2ccc(OCC(=O)N3CCCC3)cc2)S(C)(=O)=O)cc1. The van der Waals surface area contributed by atoms with Crippen LogP contribution in [-0.2, 0) is 21.4 Å². The van der Waals surface area contributed by atoms with E-state index in [1.165, 1.54) is 10.6 Å². The van der Waals surface area contributed by atoms with Gasteiger partial charge in [-0.25, -0.2) is 8.42 Å². The topological polar surface area (TPSA) is 66.9 Å². The van der Waals surface area contributed by atoms with E-state index in [-0.39, 0.29) is 19.1 Å². The van der Waals surface area contributed by atoms with Gasteiger partial charge in [0.15, 0.2) is 6.61 Å². The maximum atomic E-state index is 12.3. The molecular weight excluding hydrogens is 376 g/mol. The summed E-state index contributed by atoms with van der Waals surface area (Å²) in [5, 5.41) is 0. The second-order valence-corrected chi connectivity index (χ2v) is 9.03. The molecule has 0 unspecified atom stereocenters. The van der Waals surface area contributed by atoms with E-state index in [2.05, 4.69) is 0 Å². The Bertz CT molecular complexity index is 902. The van der Waals surface area contributed by atoms with Crippen molar-refractivity contribution in [3.8, 4) is 5.75 Å². The molecule has 3 rings (SSSR count). The van der Waals surface area contributed by atoms with E-state index >= 15 is 0 Å². The van der Waals surface area contributed by atoms with Gasteiger partial charge in [0.05, 0.1) is 18.5 Å². The van der Waals surface area contributed by atoms with Gasteiger partial charge in [-0.3, -0.25) is 9.10 Å². The van der Waals surface area contributed by atoms with Crippen molar-refractivity contribution in [1.29, 1.82) is 0 Å². The van der Waals surface area contributed by atoms with E-state index in [0.717, 1.165) is 37.1 Å². The van der Waals surface area contributed by atoms with Gasteiger partial charge in [-0.15, -0.1) is 0 Å². The standard InChI is InChI=1S/C21H26N2O4S/c1-17-5-7-18(8-6-17)15-23(28(2,25)26)19-9-11-20(12-10-19)27-16-21(24)22-13-3-4-14-22/h5-12H,3-4,13-16H2,1-2H3. The van der Waals surface area contributed by atoms with Crippen LogP contribution in [0.3, 0.4) is 0 Å². The van der Waals surface area contributed by atoms with Crippen LogP contribution in [-0.4, -0.2) is 45.2 Å². The Morgan fingerprint density at radius 1 is 1.04 bits per heavy atom. The summed E-state index contributed by atoms with van der Waals surface area (Å²) in [4.78, 5) is 13.9. The Balaban J connectivity index is 1.67. The van der Waals surface area contributed by atoms with Gasteiger partial charge in [0.2, 0.25) is 10.0 Å². The maximum Gasteiger partial charge on any atom is 0.260 e. The predicted octanol–water partition coefficient (Wildman–Crippen LogP) is 2.96. The third-order valence-corrected chi connectivity index (χ3v) is 5.93. The van der Waals surface area contributed by atoms with Crippen molar-refractivity contribution in [3.63, 3.8) is 0 Å². The minimum atomic E-state index is -3.44. The van der Waals surface area contributed by atoms with Crippen LogP contribution in [0.2, 0.25) is 0 Å². The number of ether oxygens (including phenoxy) is 1. The fourth-order valence-electron chi connectivity index (χ4n) is 3.17. The Labute approximate surface area is 166 Å². The molecule has 6 nitrogen and oxygen atoms in total. The first kappa shape index (κ1) is 20.2. The average Bonchev–Trinajstić information content (AvgIpc) is 3.20. The molecule has 1 aliphatic heterocycles. The Morgan fingerprint density at radius 2 is 1.64 bits per heavy atom. The van der Waals surface area contributed by atoms with E-state index in [9.17, 15) is 13.2 Å². The smallest absolute Gasteiger partial charge is 0.260 e. The van der Waals surface area contributed by atoms with E-state index in [1.54, 1.807) is 29.2 Å². The van der Waals surface area contributed by atoms with Crippen molar-refractivity contribution in [3.05, 3.63) is 59.7 Å². The van der Waals surface area contributed by atoms with Gasteiger partial charge < -0.3 is 9.64 Å². The van der Waals surface area contributed by atoms with E-state index in [4.69, 9.17) is 4.74 Å². The maximum absolute atomic E-state index is 12.3. The van der Waals surface area contributed by atoms with E-state index in [1.807, 2.05) is 31.2 Å². The number of likely N-dealkylation sites (tertiary alicyclic amines) is 1. The molecule has 1 fully saturated rings. The number of hydrogen-bond acceptors (Lipinski definition) is 4. The molecule has 0 aliphatic carbocycles. The van der Waals surface area contributed by atoms with Crippen LogP contribution in [0.15, 0.2) is 48.5 Å². The van der Waals surface area contributed by atoms with Crippen molar-refractivity contribution in [2.75, 3.05) is 30.3 Å². The number of rotatable bonds is 7. The van der Waals surface area contributed by atoms with E-state index < -0.39 is 10.0 Å². The lowest BCUT2D eigenvalue weighted by atomic mass is 10.1. The average molecular weight is 403 g/mol. The van der Waals surface area contributed by atoms with Gasteiger partial charge in [-0.05, 0) is 49.6 Å². The van der Waals surface area contributed by atoms with Crippen molar-refractivity contribution < 1.29 is 17.9 Å². The highest BCUT2D eigenvalue weighted by Gasteiger charge is 2.19. The summed E-state index contributed by atoms with van der Waals surface area (Å²) in [5.74, 6) is 0.527. The molecule has 2 aromatic carbocycles. The number of aryl methyl sites for hydroxylation is 1. The Morgan fingerprint density at radius 3 is 2.21 bits per heavy atom. The first-order chi connectivity index (χ1) is 13.3. The van der Waals surface area contributed by atoms with Crippen LogP contribution in [0.1, 0.15) is 24.0 Å².